The highest BCUT2D eigenvalue weighted by molar-refractivity contribution is 7.90. The van der Waals surface area contributed by atoms with Gasteiger partial charge in [-0.15, -0.1) is 0 Å². The van der Waals surface area contributed by atoms with Gasteiger partial charge in [-0.1, -0.05) is 36.4 Å². The van der Waals surface area contributed by atoms with E-state index in [0.29, 0.717) is 11.1 Å². The molecule has 2 aromatic carbocycles. The third kappa shape index (κ3) is 2.20. The topological polar surface area (TPSA) is 62.9 Å². The second-order valence-electron chi connectivity index (χ2n) is 4.62. The molecule has 0 aliphatic carbocycles. The predicted octanol–water partition coefficient (Wildman–Crippen LogP) is 2.94. The Morgan fingerprint density at radius 3 is 2.38 bits per heavy atom. The standard InChI is InChI=1S/C16H12N2O2S/c17-11-10-13-12-18(16-9-5-4-8-15(13)16)21(19,20)14-6-2-1-3-7-14/h1-9,12H,10H2. The summed E-state index contributed by atoms with van der Waals surface area (Å²) >= 11 is 0. The van der Waals surface area contributed by atoms with Gasteiger partial charge in [0.25, 0.3) is 10.0 Å². The van der Waals surface area contributed by atoms with Crippen LogP contribution >= 0.6 is 0 Å². The first kappa shape index (κ1) is 13.4. The maximum absolute atomic E-state index is 12.7. The Hall–Kier alpha value is -2.58. The fourth-order valence-electron chi connectivity index (χ4n) is 2.35. The molecule has 0 amide bonds. The third-order valence-electron chi connectivity index (χ3n) is 3.33. The maximum atomic E-state index is 12.7. The van der Waals surface area contributed by atoms with Crippen LogP contribution in [0.1, 0.15) is 5.56 Å². The molecule has 21 heavy (non-hydrogen) atoms. The molecular weight excluding hydrogens is 284 g/mol. The minimum atomic E-state index is -3.66. The molecule has 0 unspecified atom stereocenters. The molecule has 0 bridgehead atoms. The van der Waals surface area contributed by atoms with Gasteiger partial charge in [-0.25, -0.2) is 12.4 Å². The van der Waals surface area contributed by atoms with E-state index in [0.717, 1.165) is 5.39 Å². The smallest absolute Gasteiger partial charge is 0.241 e. The first-order chi connectivity index (χ1) is 10.1. The average molecular weight is 296 g/mol. The van der Waals surface area contributed by atoms with Crippen molar-refractivity contribution in [3.8, 4) is 6.07 Å². The molecule has 0 aliphatic heterocycles. The van der Waals surface area contributed by atoms with Gasteiger partial charge in [0.05, 0.1) is 22.9 Å². The van der Waals surface area contributed by atoms with Crippen LogP contribution in [0.25, 0.3) is 10.9 Å². The van der Waals surface area contributed by atoms with E-state index in [-0.39, 0.29) is 11.3 Å². The van der Waals surface area contributed by atoms with Crippen LogP contribution in [0.15, 0.2) is 65.7 Å². The van der Waals surface area contributed by atoms with E-state index >= 15 is 0 Å². The second kappa shape index (κ2) is 5.08. The van der Waals surface area contributed by atoms with Crippen molar-refractivity contribution in [2.75, 3.05) is 0 Å². The molecule has 0 saturated carbocycles. The molecular formula is C16H12N2O2S. The SMILES string of the molecule is N#CCc1cn(S(=O)(=O)c2ccccc2)c2ccccc12. The van der Waals surface area contributed by atoms with Crippen molar-refractivity contribution >= 4 is 20.9 Å². The van der Waals surface area contributed by atoms with Crippen LogP contribution in [-0.4, -0.2) is 12.4 Å². The summed E-state index contributed by atoms with van der Waals surface area (Å²) in [5.74, 6) is 0. The van der Waals surface area contributed by atoms with Crippen LogP contribution in [0, 0.1) is 11.3 Å². The lowest BCUT2D eigenvalue weighted by Crippen LogP contribution is -2.11. The summed E-state index contributed by atoms with van der Waals surface area (Å²) in [7, 11) is -3.66. The molecule has 0 saturated heterocycles. The Morgan fingerprint density at radius 1 is 1.00 bits per heavy atom. The molecule has 4 nitrogen and oxygen atoms in total. The lowest BCUT2D eigenvalue weighted by Gasteiger charge is -2.07. The highest BCUT2D eigenvalue weighted by atomic mass is 32.2. The highest BCUT2D eigenvalue weighted by Gasteiger charge is 2.20. The van der Waals surface area contributed by atoms with E-state index in [2.05, 4.69) is 6.07 Å². The summed E-state index contributed by atoms with van der Waals surface area (Å²) in [6.45, 7) is 0. The first-order valence-corrected chi connectivity index (χ1v) is 7.85. The number of hydrogen-bond donors (Lipinski definition) is 0. The van der Waals surface area contributed by atoms with E-state index in [9.17, 15) is 8.42 Å². The van der Waals surface area contributed by atoms with Crippen molar-refractivity contribution < 1.29 is 8.42 Å². The van der Waals surface area contributed by atoms with Gasteiger partial charge in [0.15, 0.2) is 0 Å². The molecule has 104 valence electrons. The van der Waals surface area contributed by atoms with Gasteiger partial charge in [-0.3, -0.25) is 0 Å². The van der Waals surface area contributed by atoms with Gasteiger partial charge >= 0.3 is 0 Å². The van der Waals surface area contributed by atoms with E-state index in [1.54, 1.807) is 42.5 Å². The van der Waals surface area contributed by atoms with E-state index < -0.39 is 10.0 Å². The summed E-state index contributed by atoms with van der Waals surface area (Å²) in [4.78, 5) is 0.231. The van der Waals surface area contributed by atoms with Crippen molar-refractivity contribution in [2.45, 2.75) is 11.3 Å². The van der Waals surface area contributed by atoms with Crippen molar-refractivity contribution in [1.29, 1.82) is 5.26 Å². The van der Waals surface area contributed by atoms with Crippen LogP contribution in [0.4, 0.5) is 0 Å². The summed E-state index contributed by atoms with van der Waals surface area (Å²) in [6, 6.07) is 17.6. The lowest BCUT2D eigenvalue weighted by atomic mass is 10.1. The minimum Gasteiger partial charge on any atom is -0.241 e. The number of aromatic nitrogens is 1. The number of para-hydroxylation sites is 1. The van der Waals surface area contributed by atoms with Crippen LogP contribution in [0.2, 0.25) is 0 Å². The molecule has 1 heterocycles. The number of fused-ring (bicyclic) bond motifs is 1. The van der Waals surface area contributed by atoms with Gasteiger partial charge in [-0.05, 0) is 23.8 Å². The molecule has 3 rings (SSSR count). The number of benzene rings is 2. The quantitative estimate of drug-likeness (QED) is 0.746. The lowest BCUT2D eigenvalue weighted by molar-refractivity contribution is 0.589. The van der Waals surface area contributed by atoms with Gasteiger partial charge in [0.1, 0.15) is 0 Å². The van der Waals surface area contributed by atoms with E-state index in [1.807, 2.05) is 12.1 Å². The molecule has 3 aromatic rings. The van der Waals surface area contributed by atoms with Crippen molar-refractivity contribution in [1.82, 2.24) is 3.97 Å². The molecule has 0 atom stereocenters. The molecule has 0 radical (unpaired) electrons. The zero-order chi connectivity index (χ0) is 14.9. The minimum absolute atomic E-state index is 0.178. The number of hydrogen-bond acceptors (Lipinski definition) is 3. The third-order valence-corrected chi connectivity index (χ3v) is 5.02. The maximum Gasteiger partial charge on any atom is 0.268 e. The van der Waals surface area contributed by atoms with Gasteiger partial charge in [0, 0.05) is 11.6 Å². The molecule has 0 spiro atoms. The Balaban J connectivity index is 2.29. The van der Waals surface area contributed by atoms with Gasteiger partial charge in [0.2, 0.25) is 0 Å². The van der Waals surface area contributed by atoms with Crippen LogP contribution in [0.3, 0.4) is 0 Å². The molecule has 0 aliphatic rings. The zero-order valence-corrected chi connectivity index (χ0v) is 11.9. The fourth-order valence-corrected chi connectivity index (χ4v) is 3.76. The fraction of sp³-hybridized carbons (Fsp3) is 0.0625. The Labute approximate surface area is 122 Å². The average Bonchev–Trinajstić information content (AvgIpc) is 2.88. The van der Waals surface area contributed by atoms with E-state index in [4.69, 9.17) is 5.26 Å². The first-order valence-electron chi connectivity index (χ1n) is 6.41. The van der Waals surface area contributed by atoms with Crippen molar-refractivity contribution in [2.24, 2.45) is 0 Å². The van der Waals surface area contributed by atoms with Crippen LogP contribution in [0.5, 0.6) is 0 Å². The van der Waals surface area contributed by atoms with E-state index in [1.165, 1.54) is 10.2 Å². The summed E-state index contributed by atoms with van der Waals surface area (Å²) in [5.41, 5.74) is 1.30. The normalized spacial score (nSPS) is 11.4. The van der Waals surface area contributed by atoms with Gasteiger partial charge in [-0.2, -0.15) is 5.26 Å². The van der Waals surface area contributed by atoms with Crippen molar-refractivity contribution in [3.63, 3.8) is 0 Å². The largest absolute Gasteiger partial charge is 0.268 e. The van der Waals surface area contributed by atoms with Crippen LogP contribution in [-0.2, 0) is 16.4 Å². The Bertz CT molecular complexity index is 935. The monoisotopic (exact) mass is 296 g/mol. The number of rotatable bonds is 3. The Kier molecular flexibility index (Phi) is 3.24. The van der Waals surface area contributed by atoms with Crippen molar-refractivity contribution in [3.05, 3.63) is 66.4 Å². The number of nitrogens with zero attached hydrogens (tertiary/aromatic N) is 2. The highest BCUT2D eigenvalue weighted by Crippen LogP contribution is 2.26. The molecule has 0 fully saturated rings. The summed E-state index contributed by atoms with van der Waals surface area (Å²) in [5, 5.41) is 9.69. The van der Waals surface area contributed by atoms with Gasteiger partial charge < -0.3 is 0 Å². The second-order valence-corrected chi connectivity index (χ2v) is 6.44. The summed E-state index contributed by atoms with van der Waals surface area (Å²) in [6.07, 6.45) is 1.72. The predicted molar refractivity (Wildman–Crippen MR) is 80.3 cm³/mol. The molecule has 5 heteroatoms. The molecule has 1 aromatic heterocycles. The molecule has 0 N–H and O–H groups in total. The van der Waals surface area contributed by atoms with Crippen LogP contribution < -0.4 is 0 Å². The summed E-state index contributed by atoms with van der Waals surface area (Å²) < 4.78 is 26.7. The Morgan fingerprint density at radius 2 is 1.67 bits per heavy atom. The zero-order valence-electron chi connectivity index (χ0n) is 11.1. The number of nitriles is 1.